The highest BCUT2D eigenvalue weighted by molar-refractivity contribution is 6.39. The molecule has 5 nitrogen and oxygen atoms in total. The fourth-order valence-corrected chi connectivity index (χ4v) is 3.00. The Balaban J connectivity index is 1.83. The molecule has 0 aliphatic rings. The summed E-state index contributed by atoms with van der Waals surface area (Å²) in [7, 11) is 0. The first kappa shape index (κ1) is 14.9. The molecule has 0 amide bonds. The molecule has 0 bridgehead atoms. The van der Waals surface area contributed by atoms with Crippen molar-refractivity contribution < 1.29 is 0 Å². The zero-order valence-electron chi connectivity index (χ0n) is 12.3. The van der Waals surface area contributed by atoms with Crippen molar-refractivity contribution in [2.24, 2.45) is 0 Å². The Morgan fingerprint density at radius 1 is 0.875 bits per heavy atom. The number of benzene rings is 1. The van der Waals surface area contributed by atoms with Crippen molar-refractivity contribution in [2.45, 2.75) is 0 Å². The van der Waals surface area contributed by atoms with Gasteiger partial charge in [-0.1, -0.05) is 35.3 Å². The first-order chi connectivity index (χ1) is 11.7. The molecule has 0 aliphatic carbocycles. The van der Waals surface area contributed by atoms with Crippen LogP contribution in [-0.4, -0.2) is 19.9 Å². The van der Waals surface area contributed by atoms with Crippen LogP contribution in [0.2, 0.25) is 10.0 Å². The Kier molecular flexibility index (Phi) is 3.80. The normalized spacial score (nSPS) is 10.9. The minimum atomic E-state index is 0.536. The van der Waals surface area contributed by atoms with Crippen molar-refractivity contribution in [3.8, 4) is 11.4 Å². The van der Waals surface area contributed by atoms with Gasteiger partial charge >= 0.3 is 0 Å². The van der Waals surface area contributed by atoms with E-state index < -0.39 is 0 Å². The number of rotatable bonds is 3. The number of pyridine rings is 2. The monoisotopic (exact) mass is 355 g/mol. The van der Waals surface area contributed by atoms with E-state index in [4.69, 9.17) is 23.2 Å². The summed E-state index contributed by atoms with van der Waals surface area (Å²) in [6, 6.07) is 12.8. The van der Waals surface area contributed by atoms with E-state index in [1.54, 1.807) is 30.6 Å². The summed E-state index contributed by atoms with van der Waals surface area (Å²) in [5.74, 6) is 1.90. The van der Waals surface area contributed by atoms with Gasteiger partial charge < -0.3 is 10.3 Å². The standard InChI is InChI=1S/C17H11Cl2N5/c18-10-4-3-5-11(19)14(10)16-22-12-7-9-21-17(15(12)24-16)23-13-6-1-2-8-20-13/h1-9H,(H,22,24)(H,20,21,23). The van der Waals surface area contributed by atoms with Gasteiger partial charge in [0, 0.05) is 12.4 Å². The summed E-state index contributed by atoms with van der Waals surface area (Å²) >= 11 is 12.6. The smallest absolute Gasteiger partial charge is 0.159 e. The number of hydrogen-bond acceptors (Lipinski definition) is 4. The van der Waals surface area contributed by atoms with Crippen molar-refractivity contribution in [3.63, 3.8) is 0 Å². The molecule has 3 heterocycles. The van der Waals surface area contributed by atoms with Crippen molar-refractivity contribution in [3.05, 3.63) is 64.9 Å². The molecule has 0 fully saturated rings. The molecule has 4 aromatic rings. The van der Waals surface area contributed by atoms with E-state index >= 15 is 0 Å². The van der Waals surface area contributed by atoms with Gasteiger partial charge in [0.15, 0.2) is 5.82 Å². The minimum absolute atomic E-state index is 0.536. The average molecular weight is 356 g/mol. The molecular formula is C17H11Cl2N5. The van der Waals surface area contributed by atoms with Crippen molar-refractivity contribution in [1.29, 1.82) is 0 Å². The van der Waals surface area contributed by atoms with Gasteiger partial charge in [0.05, 0.1) is 21.1 Å². The number of aromatic amines is 1. The number of hydrogen-bond donors (Lipinski definition) is 2. The van der Waals surface area contributed by atoms with Gasteiger partial charge in [0.2, 0.25) is 0 Å². The Bertz CT molecular complexity index is 994. The second kappa shape index (κ2) is 6.11. The molecule has 1 aromatic carbocycles. The molecule has 4 rings (SSSR count). The van der Waals surface area contributed by atoms with E-state index in [-0.39, 0.29) is 0 Å². The van der Waals surface area contributed by atoms with Gasteiger partial charge in [-0.2, -0.15) is 0 Å². The van der Waals surface area contributed by atoms with Crippen LogP contribution in [0.4, 0.5) is 11.6 Å². The third kappa shape index (κ3) is 2.68. The highest BCUT2D eigenvalue weighted by Gasteiger charge is 2.15. The highest BCUT2D eigenvalue weighted by Crippen LogP contribution is 2.34. The van der Waals surface area contributed by atoms with Crippen LogP contribution in [0.1, 0.15) is 0 Å². The molecule has 0 saturated carbocycles. The quantitative estimate of drug-likeness (QED) is 0.538. The van der Waals surface area contributed by atoms with Gasteiger partial charge in [-0.25, -0.2) is 15.0 Å². The van der Waals surface area contributed by atoms with Gasteiger partial charge in [-0.05, 0) is 30.3 Å². The second-order valence-corrected chi connectivity index (χ2v) is 5.89. The maximum Gasteiger partial charge on any atom is 0.159 e. The maximum absolute atomic E-state index is 6.28. The Hall–Kier alpha value is -2.63. The van der Waals surface area contributed by atoms with Crippen LogP contribution in [0.25, 0.3) is 22.4 Å². The van der Waals surface area contributed by atoms with Crippen LogP contribution >= 0.6 is 23.2 Å². The Labute approximate surface area is 147 Å². The summed E-state index contributed by atoms with van der Waals surface area (Å²) in [4.78, 5) is 16.5. The Morgan fingerprint density at radius 3 is 2.46 bits per heavy atom. The molecule has 0 spiro atoms. The van der Waals surface area contributed by atoms with Crippen LogP contribution < -0.4 is 5.32 Å². The SMILES string of the molecule is Clc1cccc(Cl)c1-c1nc2c(Nc3ccccn3)nccc2[nH]1. The van der Waals surface area contributed by atoms with Gasteiger partial charge in [0.1, 0.15) is 17.2 Å². The number of fused-ring (bicyclic) bond motifs is 1. The van der Waals surface area contributed by atoms with Crippen molar-refractivity contribution >= 4 is 45.9 Å². The number of anilines is 2. The summed E-state index contributed by atoms with van der Waals surface area (Å²) < 4.78 is 0. The second-order valence-electron chi connectivity index (χ2n) is 5.08. The molecule has 0 aliphatic heterocycles. The van der Waals surface area contributed by atoms with Crippen molar-refractivity contribution in [1.82, 2.24) is 19.9 Å². The van der Waals surface area contributed by atoms with Crippen molar-refractivity contribution in [2.75, 3.05) is 5.32 Å². The lowest BCUT2D eigenvalue weighted by molar-refractivity contribution is 1.26. The van der Waals surface area contributed by atoms with E-state index in [2.05, 4.69) is 25.3 Å². The third-order valence-electron chi connectivity index (χ3n) is 3.51. The molecule has 3 aromatic heterocycles. The fraction of sp³-hybridized carbons (Fsp3) is 0. The van der Waals surface area contributed by atoms with Crippen LogP contribution in [0, 0.1) is 0 Å². The van der Waals surface area contributed by atoms with Crippen LogP contribution in [0.5, 0.6) is 0 Å². The van der Waals surface area contributed by atoms with Crippen LogP contribution in [0.3, 0.4) is 0 Å². The highest BCUT2D eigenvalue weighted by atomic mass is 35.5. The minimum Gasteiger partial charge on any atom is -0.338 e. The van der Waals surface area contributed by atoms with E-state index in [1.807, 2.05) is 24.3 Å². The first-order valence-electron chi connectivity index (χ1n) is 7.19. The molecule has 24 heavy (non-hydrogen) atoms. The number of nitrogens with one attached hydrogen (secondary N) is 2. The average Bonchev–Trinajstić information content (AvgIpc) is 3.00. The number of imidazole rings is 1. The molecular weight excluding hydrogens is 345 g/mol. The Morgan fingerprint density at radius 2 is 1.71 bits per heavy atom. The van der Waals surface area contributed by atoms with E-state index in [0.717, 1.165) is 5.52 Å². The molecule has 7 heteroatoms. The third-order valence-corrected chi connectivity index (χ3v) is 4.14. The number of nitrogens with zero attached hydrogens (tertiary/aromatic N) is 3. The van der Waals surface area contributed by atoms with Gasteiger partial charge in [-0.3, -0.25) is 0 Å². The van der Waals surface area contributed by atoms with Crippen LogP contribution in [-0.2, 0) is 0 Å². The molecule has 0 saturated heterocycles. The first-order valence-corrected chi connectivity index (χ1v) is 7.95. The molecule has 2 N–H and O–H groups in total. The summed E-state index contributed by atoms with van der Waals surface area (Å²) in [6.45, 7) is 0. The lowest BCUT2D eigenvalue weighted by atomic mass is 10.2. The predicted molar refractivity (Wildman–Crippen MR) is 96.9 cm³/mol. The largest absolute Gasteiger partial charge is 0.338 e. The van der Waals surface area contributed by atoms with Gasteiger partial charge in [0.25, 0.3) is 0 Å². The van der Waals surface area contributed by atoms with E-state index in [9.17, 15) is 0 Å². The number of aromatic nitrogens is 4. The number of H-pyrrole nitrogens is 1. The predicted octanol–water partition coefficient (Wildman–Crippen LogP) is 5.07. The fourth-order valence-electron chi connectivity index (χ4n) is 2.43. The molecule has 0 unspecified atom stereocenters. The zero-order valence-corrected chi connectivity index (χ0v) is 13.8. The van der Waals surface area contributed by atoms with Crippen LogP contribution in [0.15, 0.2) is 54.9 Å². The van der Waals surface area contributed by atoms with E-state index in [1.165, 1.54) is 0 Å². The topological polar surface area (TPSA) is 66.5 Å². The zero-order chi connectivity index (χ0) is 16.5. The molecule has 0 atom stereocenters. The molecule has 0 radical (unpaired) electrons. The summed E-state index contributed by atoms with van der Waals surface area (Å²) in [6.07, 6.45) is 3.41. The van der Waals surface area contributed by atoms with E-state index in [0.29, 0.717) is 38.6 Å². The maximum atomic E-state index is 6.28. The summed E-state index contributed by atoms with van der Waals surface area (Å²) in [5.41, 5.74) is 2.18. The number of halogens is 2. The molecule has 118 valence electrons. The lowest BCUT2D eigenvalue weighted by Gasteiger charge is -2.04. The summed E-state index contributed by atoms with van der Waals surface area (Å²) in [5, 5.41) is 4.24. The van der Waals surface area contributed by atoms with Gasteiger partial charge in [-0.15, -0.1) is 0 Å². The lowest BCUT2D eigenvalue weighted by Crippen LogP contribution is -1.96.